The molecule has 0 aliphatic heterocycles. The van der Waals surface area contributed by atoms with Crippen LogP contribution >= 0.6 is 11.6 Å². The van der Waals surface area contributed by atoms with Crippen molar-refractivity contribution in [2.45, 2.75) is 26.3 Å². The highest BCUT2D eigenvalue weighted by Crippen LogP contribution is 2.49. The normalized spacial score (nSPS) is 21.2. The first-order chi connectivity index (χ1) is 8.06. The lowest BCUT2D eigenvalue weighted by molar-refractivity contribution is 0.321. The average Bonchev–Trinajstić information content (AvgIpc) is 2.53. The minimum absolute atomic E-state index is 0.0287. The number of nitrogens with one attached hydrogen (secondary N) is 1. The Morgan fingerprint density at radius 1 is 1.59 bits per heavy atom. The number of benzene rings is 1. The molecule has 1 aromatic rings. The van der Waals surface area contributed by atoms with Crippen LogP contribution in [0.3, 0.4) is 0 Å². The summed E-state index contributed by atoms with van der Waals surface area (Å²) in [6, 6.07) is 5.97. The van der Waals surface area contributed by atoms with Gasteiger partial charge in [-0.05, 0) is 29.0 Å². The van der Waals surface area contributed by atoms with Crippen LogP contribution in [0.4, 0.5) is 0 Å². The largest absolute Gasteiger partial charge is 0.283 e. The topological polar surface area (TPSA) is 48.2 Å². The summed E-state index contributed by atoms with van der Waals surface area (Å²) >= 11 is 6.20. The third kappa shape index (κ3) is 2.13. The van der Waals surface area contributed by atoms with Crippen LogP contribution in [-0.4, -0.2) is 6.34 Å². The van der Waals surface area contributed by atoms with Gasteiger partial charge in [0.2, 0.25) is 0 Å². The first-order valence-corrected chi connectivity index (χ1v) is 5.87. The summed E-state index contributed by atoms with van der Waals surface area (Å²) < 4.78 is 0. The molecule has 0 heterocycles. The molecule has 0 saturated heterocycles. The van der Waals surface area contributed by atoms with E-state index in [4.69, 9.17) is 16.9 Å². The van der Waals surface area contributed by atoms with E-state index < -0.39 is 0 Å². The number of hydrogen-bond donors (Lipinski definition) is 1. The minimum atomic E-state index is 0.0287. The molecule has 1 atom stereocenters. The zero-order valence-electron chi connectivity index (χ0n) is 9.87. The first kappa shape index (κ1) is 11.9. The Hall–Kier alpha value is -1.53. The molecule has 1 aliphatic carbocycles. The Kier molecular flexibility index (Phi) is 3.08. The van der Waals surface area contributed by atoms with E-state index >= 15 is 0 Å². The third-order valence-electron chi connectivity index (χ3n) is 3.17. The summed E-state index contributed by atoms with van der Waals surface area (Å²) in [6.07, 6.45) is 4.20. The molecule has 1 N–H and O–H groups in total. The molecule has 4 heteroatoms. The van der Waals surface area contributed by atoms with Gasteiger partial charge >= 0.3 is 0 Å². The molecule has 88 valence electrons. The van der Waals surface area contributed by atoms with E-state index in [1.54, 1.807) is 0 Å². The second kappa shape index (κ2) is 4.38. The second-order valence-corrected chi connectivity index (χ2v) is 5.32. The quantitative estimate of drug-likeness (QED) is 0.378. The standard InChI is InChI=1S/C13H14ClN3/c1-13(2)6-10-9(4-3-5-11(10)14)12(13)17-8-16-7-15/h3-5,8,12H,6H2,1-2H3,(H,16,17). The molecule has 0 fully saturated rings. The lowest BCUT2D eigenvalue weighted by Gasteiger charge is -2.23. The van der Waals surface area contributed by atoms with Gasteiger partial charge in [0.15, 0.2) is 6.19 Å². The first-order valence-electron chi connectivity index (χ1n) is 5.50. The Labute approximate surface area is 106 Å². The Bertz CT molecular complexity index is 500. The fourth-order valence-electron chi connectivity index (χ4n) is 2.41. The Morgan fingerprint density at radius 3 is 3.06 bits per heavy atom. The van der Waals surface area contributed by atoms with Crippen molar-refractivity contribution >= 4 is 17.9 Å². The van der Waals surface area contributed by atoms with Crippen molar-refractivity contribution in [3.05, 3.63) is 34.3 Å². The van der Waals surface area contributed by atoms with Crippen molar-refractivity contribution in [2.24, 2.45) is 10.4 Å². The number of halogens is 1. The van der Waals surface area contributed by atoms with Crippen LogP contribution < -0.4 is 5.32 Å². The highest BCUT2D eigenvalue weighted by molar-refractivity contribution is 6.31. The molecule has 0 aromatic heterocycles. The number of hydrogen-bond acceptors (Lipinski definition) is 2. The van der Waals surface area contributed by atoms with Crippen molar-refractivity contribution in [2.75, 3.05) is 0 Å². The Balaban J connectivity index is 2.39. The summed E-state index contributed by atoms with van der Waals surface area (Å²) in [5.74, 6) is 0. The zero-order chi connectivity index (χ0) is 12.5. The molecule has 0 amide bonds. The van der Waals surface area contributed by atoms with E-state index in [0.29, 0.717) is 0 Å². The molecule has 0 radical (unpaired) electrons. The van der Waals surface area contributed by atoms with Gasteiger partial charge in [0.1, 0.15) is 0 Å². The fourth-order valence-corrected chi connectivity index (χ4v) is 2.66. The van der Waals surface area contributed by atoms with Crippen LogP contribution in [0.1, 0.15) is 31.0 Å². The van der Waals surface area contributed by atoms with E-state index in [2.05, 4.69) is 30.2 Å². The molecule has 3 nitrogen and oxygen atoms in total. The van der Waals surface area contributed by atoms with Crippen LogP contribution in [0, 0.1) is 16.9 Å². The van der Waals surface area contributed by atoms with Gasteiger partial charge in [-0.3, -0.25) is 10.3 Å². The van der Waals surface area contributed by atoms with E-state index in [1.807, 2.05) is 18.3 Å². The molecule has 0 bridgehead atoms. The van der Waals surface area contributed by atoms with E-state index in [1.165, 1.54) is 17.5 Å². The van der Waals surface area contributed by atoms with E-state index in [9.17, 15) is 0 Å². The van der Waals surface area contributed by atoms with Crippen LogP contribution in [-0.2, 0) is 6.42 Å². The van der Waals surface area contributed by atoms with Crippen LogP contribution in [0.5, 0.6) is 0 Å². The van der Waals surface area contributed by atoms with Crippen molar-refractivity contribution in [1.82, 2.24) is 5.32 Å². The number of aliphatic imine (C=N–C) groups is 1. The van der Waals surface area contributed by atoms with Gasteiger partial charge in [0, 0.05) is 5.02 Å². The maximum absolute atomic E-state index is 8.44. The van der Waals surface area contributed by atoms with Crippen LogP contribution in [0.2, 0.25) is 5.02 Å². The smallest absolute Gasteiger partial charge is 0.182 e. The molecule has 17 heavy (non-hydrogen) atoms. The van der Waals surface area contributed by atoms with Gasteiger partial charge in [0.25, 0.3) is 0 Å². The molecule has 1 unspecified atom stereocenters. The predicted molar refractivity (Wildman–Crippen MR) is 68.9 cm³/mol. The van der Waals surface area contributed by atoms with Crippen molar-refractivity contribution < 1.29 is 0 Å². The summed E-state index contributed by atoms with van der Waals surface area (Å²) in [7, 11) is 0. The zero-order valence-corrected chi connectivity index (χ0v) is 10.6. The summed E-state index contributed by atoms with van der Waals surface area (Å²) in [5.41, 5.74) is 2.37. The molecule has 1 aliphatic rings. The summed E-state index contributed by atoms with van der Waals surface area (Å²) in [5, 5.41) is 11.7. The molecule has 0 saturated carbocycles. The van der Waals surface area contributed by atoms with E-state index in [-0.39, 0.29) is 11.5 Å². The van der Waals surface area contributed by atoms with Crippen LogP contribution in [0.15, 0.2) is 23.2 Å². The molecular weight excluding hydrogens is 234 g/mol. The number of rotatable bonds is 2. The molecule has 0 spiro atoms. The SMILES string of the molecule is CC1(C)Cc2c(Cl)cccc2C1N=CNC#N. The average molecular weight is 248 g/mol. The second-order valence-electron chi connectivity index (χ2n) is 4.91. The maximum atomic E-state index is 8.44. The third-order valence-corrected chi connectivity index (χ3v) is 3.53. The molecular formula is C13H14ClN3. The molecule has 1 aromatic carbocycles. The summed E-state index contributed by atoms with van der Waals surface area (Å²) in [6.45, 7) is 4.33. The van der Waals surface area contributed by atoms with Gasteiger partial charge in [0.05, 0.1) is 12.4 Å². The lowest BCUT2D eigenvalue weighted by Crippen LogP contribution is -2.17. The Morgan fingerprint density at radius 2 is 2.35 bits per heavy atom. The van der Waals surface area contributed by atoms with Gasteiger partial charge in [-0.15, -0.1) is 0 Å². The van der Waals surface area contributed by atoms with Gasteiger partial charge in [-0.2, -0.15) is 5.26 Å². The van der Waals surface area contributed by atoms with E-state index in [0.717, 1.165) is 11.4 Å². The maximum Gasteiger partial charge on any atom is 0.182 e. The molecule has 2 rings (SSSR count). The number of fused-ring (bicyclic) bond motifs is 1. The van der Waals surface area contributed by atoms with Gasteiger partial charge in [-0.1, -0.05) is 37.6 Å². The number of nitriles is 1. The van der Waals surface area contributed by atoms with Crippen molar-refractivity contribution in [3.8, 4) is 6.19 Å². The highest BCUT2D eigenvalue weighted by atomic mass is 35.5. The van der Waals surface area contributed by atoms with Gasteiger partial charge in [-0.25, -0.2) is 0 Å². The minimum Gasteiger partial charge on any atom is -0.283 e. The summed E-state index contributed by atoms with van der Waals surface area (Å²) in [4.78, 5) is 4.43. The van der Waals surface area contributed by atoms with Gasteiger partial charge < -0.3 is 0 Å². The fraction of sp³-hybridized carbons (Fsp3) is 0.385. The monoisotopic (exact) mass is 247 g/mol. The lowest BCUT2D eigenvalue weighted by atomic mass is 9.86. The van der Waals surface area contributed by atoms with Crippen molar-refractivity contribution in [3.63, 3.8) is 0 Å². The van der Waals surface area contributed by atoms with Crippen molar-refractivity contribution in [1.29, 1.82) is 5.26 Å². The number of nitrogens with zero attached hydrogens (tertiary/aromatic N) is 2. The predicted octanol–water partition coefficient (Wildman–Crippen LogP) is 3.06. The van der Waals surface area contributed by atoms with Crippen LogP contribution in [0.25, 0.3) is 0 Å². The highest BCUT2D eigenvalue weighted by Gasteiger charge is 2.39.